The monoisotopic (exact) mass is 375 g/mol. The molecule has 8 heteroatoms. The zero-order valence-electron chi connectivity index (χ0n) is 9.31. The number of alkyl halides is 1. The van der Waals surface area contributed by atoms with Crippen molar-refractivity contribution in [2.24, 2.45) is 5.73 Å². The van der Waals surface area contributed by atoms with Crippen molar-refractivity contribution >= 4 is 40.2 Å². The Morgan fingerprint density at radius 1 is 1.76 bits per heavy atom. The molecule has 4 N–H and O–H groups in total. The Hall–Kier alpha value is -0.380. The van der Waals surface area contributed by atoms with Gasteiger partial charge in [-0.2, -0.15) is 5.10 Å². The van der Waals surface area contributed by atoms with Crippen LogP contribution < -0.4 is 5.73 Å². The van der Waals surface area contributed by atoms with E-state index in [2.05, 4.69) is 5.10 Å². The Kier molecular flexibility index (Phi) is 8.48. The van der Waals surface area contributed by atoms with Crippen molar-refractivity contribution in [1.29, 1.82) is 0 Å². The molecule has 0 radical (unpaired) electrons. The van der Waals surface area contributed by atoms with Gasteiger partial charge in [-0.1, -0.05) is 6.92 Å². The molecule has 1 atom stereocenters. The third kappa shape index (κ3) is 4.78. The average molecular weight is 376 g/mol. The van der Waals surface area contributed by atoms with Crippen LogP contribution in [0.4, 0.5) is 0 Å². The lowest BCUT2D eigenvalue weighted by atomic mass is 10.3. The number of carboxylic acids is 1. The summed E-state index contributed by atoms with van der Waals surface area (Å²) in [5.74, 6) is -0.348. The molecule has 98 valence electrons. The van der Waals surface area contributed by atoms with Crippen LogP contribution in [0.2, 0.25) is 0 Å². The highest BCUT2D eigenvalue weighted by Gasteiger charge is 2.20. The van der Waals surface area contributed by atoms with E-state index in [0.717, 1.165) is 5.88 Å². The first-order valence-electron chi connectivity index (χ1n) is 4.86. The number of aromatic nitrogens is 2. The van der Waals surface area contributed by atoms with Gasteiger partial charge in [0.15, 0.2) is 5.69 Å². The first kappa shape index (κ1) is 16.6. The van der Waals surface area contributed by atoms with E-state index in [4.69, 9.17) is 27.5 Å². The van der Waals surface area contributed by atoms with E-state index in [-0.39, 0.29) is 18.8 Å². The third-order valence-corrected chi connectivity index (χ3v) is 2.57. The maximum Gasteiger partial charge on any atom is 0.355 e. The van der Waals surface area contributed by atoms with Gasteiger partial charge in [-0.25, -0.2) is 4.79 Å². The summed E-state index contributed by atoms with van der Waals surface area (Å²) in [6.07, 6.45) is 1.43. The number of aliphatic hydroxyl groups excluding tert-OH is 1. The zero-order chi connectivity index (χ0) is 13.4. The Balaban J connectivity index is 0.000000770. The second kappa shape index (κ2) is 8.67. The van der Waals surface area contributed by atoms with Gasteiger partial charge in [0.1, 0.15) is 0 Å². The normalized spacial score (nSPS) is 11.6. The molecule has 0 aromatic carbocycles. The number of aromatic carboxylic acids is 1. The van der Waals surface area contributed by atoms with E-state index in [9.17, 15) is 4.79 Å². The van der Waals surface area contributed by atoms with E-state index in [1.165, 1.54) is 10.9 Å². The highest BCUT2D eigenvalue weighted by Crippen LogP contribution is 2.15. The van der Waals surface area contributed by atoms with Gasteiger partial charge in [-0.05, 0) is 22.6 Å². The third-order valence-electron chi connectivity index (χ3n) is 1.78. The van der Waals surface area contributed by atoms with Gasteiger partial charge in [-0.15, -0.1) is 11.6 Å². The van der Waals surface area contributed by atoms with E-state index in [1.54, 1.807) is 0 Å². The van der Waals surface area contributed by atoms with Crippen molar-refractivity contribution in [1.82, 2.24) is 9.78 Å². The minimum Gasteiger partial charge on any atom is -0.476 e. The summed E-state index contributed by atoms with van der Waals surface area (Å²) in [4.78, 5) is 10.9. The van der Waals surface area contributed by atoms with Gasteiger partial charge in [0.2, 0.25) is 0 Å². The Morgan fingerprint density at radius 2 is 2.29 bits per heavy atom. The van der Waals surface area contributed by atoms with Crippen LogP contribution in [0, 0.1) is 3.57 Å². The maximum atomic E-state index is 10.9. The van der Waals surface area contributed by atoms with Crippen molar-refractivity contribution in [2.75, 3.05) is 19.0 Å². The molecule has 1 aromatic heterocycles. The topological polar surface area (TPSA) is 101 Å². The highest BCUT2D eigenvalue weighted by atomic mass is 127. The lowest BCUT2D eigenvalue weighted by Gasteiger charge is -2.13. The quantitative estimate of drug-likeness (QED) is 0.537. The Bertz CT molecular complexity index is 355. The largest absolute Gasteiger partial charge is 0.476 e. The summed E-state index contributed by atoms with van der Waals surface area (Å²) in [7, 11) is 0. The Morgan fingerprint density at radius 3 is 2.65 bits per heavy atom. The second-order valence-corrected chi connectivity index (χ2v) is 4.63. The van der Waals surface area contributed by atoms with E-state index < -0.39 is 12.0 Å². The standard InChI is InChI=1S/C7H10IN3O3.C2H5Cl/c8-5-2-10-11(4(1-9)3-12)6(5)7(13)14;1-2-3/h2,4,12H,1,3,9H2,(H,13,14);2H2,1H3. The lowest BCUT2D eigenvalue weighted by molar-refractivity contribution is 0.0676. The first-order chi connectivity index (χ1) is 8.03. The van der Waals surface area contributed by atoms with Gasteiger partial charge < -0.3 is 15.9 Å². The summed E-state index contributed by atoms with van der Waals surface area (Å²) < 4.78 is 1.77. The summed E-state index contributed by atoms with van der Waals surface area (Å²) >= 11 is 6.87. The molecule has 17 heavy (non-hydrogen) atoms. The summed E-state index contributed by atoms with van der Waals surface area (Å²) in [6.45, 7) is 1.81. The van der Waals surface area contributed by atoms with Crippen LogP contribution in [0.1, 0.15) is 23.5 Å². The highest BCUT2D eigenvalue weighted by molar-refractivity contribution is 14.1. The van der Waals surface area contributed by atoms with Crippen molar-refractivity contribution in [3.05, 3.63) is 15.5 Å². The van der Waals surface area contributed by atoms with Gasteiger partial charge >= 0.3 is 5.97 Å². The number of rotatable bonds is 4. The van der Waals surface area contributed by atoms with Crippen LogP contribution in [-0.2, 0) is 0 Å². The number of nitrogens with two attached hydrogens (primary N) is 1. The smallest absolute Gasteiger partial charge is 0.355 e. The fourth-order valence-electron chi connectivity index (χ4n) is 1.07. The van der Waals surface area contributed by atoms with Gasteiger partial charge in [-0.3, -0.25) is 4.68 Å². The molecule has 0 amide bonds. The predicted molar refractivity (Wildman–Crippen MR) is 73.5 cm³/mol. The number of halogens is 2. The minimum absolute atomic E-state index is 0.0649. The number of carbonyl (C=O) groups is 1. The van der Waals surface area contributed by atoms with Crippen molar-refractivity contribution in [3.63, 3.8) is 0 Å². The molecule has 0 aliphatic rings. The average Bonchev–Trinajstić information content (AvgIpc) is 2.63. The molecule has 0 saturated carbocycles. The molecular formula is C9H15ClIN3O3. The number of carboxylic acid groups (broad SMARTS) is 1. The molecule has 1 unspecified atom stereocenters. The van der Waals surface area contributed by atoms with Crippen LogP contribution in [0.25, 0.3) is 0 Å². The molecule has 1 heterocycles. The second-order valence-electron chi connectivity index (χ2n) is 2.93. The van der Waals surface area contributed by atoms with E-state index in [1.807, 2.05) is 29.5 Å². The number of aliphatic hydroxyl groups is 1. The lowest BCUT2D eigenvalue weighted by Crippen LogP contribution is -2.26. The van der Waals surface area contributed by atoms with Crippen molar-refractivity contribution < 1.29 is 15.0 Å². The number of hydrogen-bond acceptors (Lipinski definition) is 4. The van der Waals surface area contributed by atoms with Gasteiger partial charge in [0, 0.05) is 12.4 Å². The SMILES string of the molecule is CCCl.NCC(CO)n1ncc(I)c1C(=O)O. The van der Waals surface area contributed by atoms with Crippen molar-refractivity contribution in [3.8, 4) is 0 Å². The molecule has 0 bridgehead atoms. The Labute approximate surface area is 118 Å². The summed E-state index contributed by atoms with van der Waals surface area (Å²) in [6, 6.07) is -0.482. The fraction of sp³-hybridized carbons (Fsp3) is 0.556. The van der Waals surface area contributed by atoms with Gasteiger partial charge in [0.05, 0.1) is 22.4 Å². The van der Waals surface area contributed by atoms with Crippen LogP contribution >= 0.6 is 34.2 Å². The van der Waals surface area contributed by atoms with Crippen molar-refractivity contribution in [2.45, 2.75) is 13.0 Å². The molecule has 0 fully saturated rings. The van der Waals surface area contributed by atoms with Crippen LogP contribution in [0.15, 0.2) is 6.20 Å². The number of nitrogens with zero attached hydrogens (tertiary/aromatic N) is 2. The van der Waals surface area contributed by atoms with Gasteiger partial charge in [0.25, 0.3) is 0 Å². The van der Waals surface area contributed by atoms with Crippen LogP contribution in [-0.4, -0.2) is 45.0 Å². The number of hydrogen-bond donors (Lipinski definition) is 3. The van der Waals surface area contributed by atoms with Crippen LogP contribution in [0.5, 0.6) is 0 Å². The molecule has 1 aromatic rings. The molecule has 0 saturated heterocycles. The summed E-state index contributed by atoms with van der Waals surface area (Å²) in [5.41, 5.74) is 5.44. The molecule has 0 aliphatic carbocycles. The molecular weight excluding hydrogens is 360 g/mol. The molecule has 6 nitrogen and oxygen atoms in total. The molecule has 0 aliphatic heterocycles. The zero-order valence-corrected chi connectivity index (χ0v) is 12.2. The fourth-order valence-corrected chi connectivity index (χ4v) is 1.67. The summed E-state index contributed by atoms with van der Waals surface area (Å²) in [5, 5.41) is 21.7. The van der Waals surface area contributed by atoms with Crippen LogP contribution in [0.3, 0.4) is 0 Å². The van der Waals surface area contributed by atoms with E-state index >= 15 is 0 Å². The molecule has 0 spiro atoms. The molecule has 1 rings (SSSR count). The predicted octanol–water partition coefficient (Wildman–Crippen LogP) is 0.923. The maximum absolute atomic E-state index is 10.9. The van der Waals surface area contributed by atoms with E-state index in [0.29, 0.717) is 3.57 Å². The minimum atomic E-state index is -1.07. The first-order valence-corrected chi connectivity index (χ1v) is 6.47.